The Kier molecular flexibility index (Phi) is 15.5. The Morgan fingerprint density at radius 2 is 1.88 bits per heavy atom. The van der Waals surface area contributed by atoms with Crippen molar-refractivity contribution < 1.29 is 9.53 Å². The number of hydrogen-bond donors (Lipinski definition) is 3. The summed E-state index contributed by atoms with van der Waals surface area (Å²) in [7, 11) is 0. The summed E-state index contributed by atoms with van der Waals surface area (Å²) < 4.78 is 5.30. The van der Waals surface area contributed by atoms with Crippen molar-refractivity contribution in [2.45, 2.75) is 33.1 Å². The van der Waals surface area contributed by atoms with Gasteiger partial charge in [0, 0.05) is 50.0 Å². The highest BCUT2D eigenvalue weighted by Crippen LogP contribution is 2.13. The van der Waals surface area contributed by atoms with Crippen LogP contribution in [0, 0.1) is 0 Å². The molecule has 1 aromatic rings. The van der Waals surface area contributed by atoms with Crippen molar-refractivity contribution in [2.24, 2.45) is 4.99 Å². The van der Waals surface area contributed by atoms with Crippen LogP contribution in [0.4, 0.5) is 5.69 Å². The van der Waals surface area contributed by atoms with Crippen molar-refractivity contribution in [3.8, 4) is 0 Å². The van der Waals surface area contributed by atoms with Crippen LogP contribution in [0.5, 0.6) is 0 Å². The predicted molar refractivity (Wildman–Crippen MR) is 120 cm³/mol. The van der Waals surface area contributed by atoms with Crippen LogP contribution in [-0.2, 0) is 9.53 Å². The molecule has 0 aromatic heterocycles. The fourth-order valence-corrected chi connectivity index (χ4v) is 2.18. The summed E-state index contributed by atoms with van der Waals surface area (Å²) in [6.45, 7) is 7.70. The summed E-state index contributed by atoms with van der Waals surface area (Å²) in [6.07, 6.45) is 2.05. The first-order valence-electron chi connectivity index (χ1n) is 8.81. The summed E-state index contributed by atoms with van der Waals surface area (Å²) in [5.41, 5.74) is 0.752. The van der Waals surface area contributed by atoms with Gasteiger partial charge in [0.1, 0.15) is 0 Å². The highest BCUT2D eigenvalue weighted by molar-refractivity contribution is 14.0. The van der Waals surface area contributed by atoms with Crippen molar-refractivity contribution in [1.29, 1.82) is 0 Å². The lowest BCUT2D eigenvalue weighted by molar-refractivity contribution is -0.116. The Labute approximate surface area is 178 Å². The topological polar surface area (TPSA) is 74.8 Å². The third-order valence-corrected chi connectivity index (χ3v) is 3.52. The minimum atomic E-state index is -0.0211. The van der Waals surface area contributed by atoms with Gasteiger partial charge in [-0.2, -0.15) is 0 Å². The van der Waals surface area contributed by atoms with Gasteiger partial charge in [-0.3, -0.25) is 9.79 Å². The van der Waals surface area contributed by atoms with Gasteiger partial charge < -0.3 is 20.7 Å². The largest absolute Gasteiger partial charge is 0.382 e. The number of carbonyl (C=O) groups is 1. The number of ether oxygens (including phenoxy) is 1. The van der Waals surface area contributed by atoms with Gasteiger partial charge >= 0.3 is 0 Å². The molecule has 0 aliphatic heterocycles. The quantitative estimate of drug-likeness (QED) is 0.189. The molecule has 0 aliphatic carbocycles. The van der Waals surface area contributed by atoms with Crippen LogP contribution in [0.3, 0.4) is 0 Å². The van der Waals surface area contributed by atoms with E-state index in [1.54, 1.807) is 24.3 Å². The highest BCUT2D eigenvalue weighted by atomic mass is 127. The summed E-state index contributed by atoms with van der Waals surface area (Å²) >= 11 is 5.82. The Morgan fingerprint density at radius 3 is 2.54 bits per heavy atom. The molecule has 0 heterocycles. The molecular formula is C18H30ClIN4O2. The summed E-state index contributed by atoms with van der Waals surface area (Å²) in [4.78, 5) is 16.4. The van der Waals surface area contributed by atoms with Crippen LogP contribution in [-0.4, -0.2) is 44.7 Å². The van der Waals surface area contributed by atoms with Crippen molar-refractivity contribution >= 4 is 53.1 Å². The number of halogens is 2. The summed E-state index contributed by atoms with van der Waals surface area (Å²) in [5, 5.41) is 9.95. The van der Waals surface area contributed by atoms with Gasteiger partial charge in [-0.05, 0) is 51.0 Å². The SMILES string of the molecule is CCNC(=NCCCC(=O)Nc1ccc(Cl)cc1)NCCCOCC.I. The summed E-state index contributed by atoms with van der Waals surface area (Å²) in [5.74, 6) is 0.754. The first-order valence-corrected chi connectivity index (χ1v) is 9.18. The molecule has 0 spiro atoms. The molecule has 0 saturated heterocycles. The first kappa shape index (κ1) is 24.9. The normalized spacial score (nSPS) is 10.8. The van der Waals surface area contributed by atoms with E-state index in [0.717, 1.165) is 44.4 Å². The third kappa shape index (κ3) is 12.3. The molecular weight excluding hydrogens is 467 g/mol. The molecule has 0 fully saturated rings. The van der Waals surface area contributed by atoms with Crippen molar-refractivity contribution in [3.05, 3.63) is 29.3 Å². The van der Waals surface area contributed by atoms with E-state index in [0.29, 0.717) is 24.4 Å². The molecule has 1 rings (SSSR count). The zero-order valence-corrected chi connectivity index (χ0v) is 18.6. The van der Waals surface area contributed by atoms with Gasteiger partial charge in [-0.25, -0.2) is 0 Å². The first-order chi connectivity index (χ1) is 12.2. The van der Waals surface area contributed by atoms with Gasteiger partial charge in [-0.1, -0.05) is 11.6 Å². The van der Waals surface area contributed by atoms with Crippen LogP contribution < -0.4 is 16.0 Å². The van der Waals surface area contributed by atoms with Crippen LogP contribution >= 0.6 is 35.6 Å². The Balaban J connectivity index is 0.00000625. The van der Waals surface area contributed by atoms with E-state index in [2.05, 4.69) is 20.9 Å². The lowest BCUT2D eigenvalue weighted by atomic mass is 10.2. The number of anilines is 1. The van der Waals surface area contributed by atoms with E-state index < -0.39 is 0 Å². The van der Waals surface area contributed by atoms with Crippen molar-refractivity contribution in [3.63, 3.8) is 0 Å². The molecule has 0 atom stereocenters. The van der Waals surface area contributed by atoms with Crippen LogP contribution in [0.2, 0.25) is 5.02 Å². The van der Waals surface area contributed by atoms with Gasteiger partial charge in [0.15, 0.2) is 5.96 Å². The van der Waals surface area contributed by atoms with E-state index in [-0.39, 0.29) is 29.9 Å². The van der Waals surface area contributed by atoms with E-state index in [1.807, 2.05) is 13.8 Å². The van der Waals surface area contributed by atoms with E-state index in [4.69, 9.17) is 16.3 Å². The molecule has 8 heteroatoms. The number of hydrogen-bond acceptors (Lipinski definition) is 3. The molecule has 1 amide bonds. The van der Waals surface area contributed by atoms with Crippen LogP contribution in [0.15, 0.2) is 29.3 Å². The van der Waals surface area contributed by atoms with E-state index in [1.165, 1.54) is 0 Å². The molecule has 3 N–H and O–H groups in total. The maximum absolute atomic E-state index is 11.9. The zero-order chi connectivity index (χ0) is 18.3. The molecule has 0 aliphatic rings. The number of rotatable bonds is 11. The molecule has 0 radical (unpaired) electrons. The number of nitrogens with zero attached hydrogens (tertiary/aromatic N) is 1. The van der Waals surface area contributed by atoms with Gasteiger partial charge in [0.05, 0.1) is 0 Å². The average Bonchev–Trinajstić information content (AvgIpc) is 2.60. The number of nitrogens with one attached hydrogen (secondary N) is 3. The van der Waals surface area contributed by atoms with Crippen LogP contribution in [0.25, 0.3) is 0 Å². The summed E-state index contributed by atoms with van der Waals surface area (Å²) in [6, 6.07) is 7.07. The molecule has 1 aromatic carbocycles. The second kappa shape index (κ2) is 16.1. The van der Waals surface area contributed by atoms with Crippen molar-refractivity contribution in [1.82, 2.24) is 10.6 Å². The third-order valence-electron chi connectivity index (χ3n) is 3.27. The number of guanidine groups is 1. The predicted octanol–water partition coefficient (Wildman–Crippen LogP) is 3.66. The Hall–Kier alpha value is -1.06. The van der Waals surface area contributed by atoms with Crippen molar-refractivity contribution in [2.75, 3.05) is 38.2 Å². The molecule has 0 unspecified atom stereocenters. The lowest BCUT2D eigenvalue weighted by Crippen LogP contribution is -2.38. The Bertz CT molecular complexity index is 526. The Morgan fingerprint density at radius 1 is 1.15 bits per heavy atom. The average molecular weight is 497 g/mol. The smallest absolute Gasteiger partial charge is 0.224 e. The molecule has 26 heavy (non-hydrogen) atoms. The molecule has 0 bridgehead atoms. The number of carbonyl (C=O) groups excluding carboxylic acids is 1. The fraction of sp³-hybridized carbons (Fsp3) is 0.556. The minimum absolute atomic E-state index is 0. The number of aliphatic imine (C=N–C) groups is 1. The molecule has 148 valence electrons. The zero-order valence-electron chi connectivity index (χ0n) is 15.5. The van der Waals surface area contributed by atoms with Crippen LogP contribution in [0.1, 0.15) is 33.1 Å². The van der Waals surface area contributed by atoms with Gasteiger partial charge in [0.2, 0.25) is 5.91 Å². The molecule has 6 nitrogen and oxygen atoms in total. The maximum Gasteiger partial charge on any atom is 0.224 e. The number of amides is 1. The van der Waals surface area contributed by atoms with E-state index >= 15 is 0 Å². The maximum atomic E-state index is 11.9. The standard InChI is InChI=1S/C18H29ClN4O2.HI/c1-3-20-18(22-13-6-14-25-4-2)21-12-5-7-17(24)23-16-10-8-15(19)9-11-16;/h8-11H,3-7,12-14H2,1-2H3,(H,23,24)(H2,20,21,22);1H. The van der Waals surface area contributed by atoms with Gasteiger partial charge in [-0.15, -0.1) is 24.0 Å². The second-order valence-electron chi connectivity index (χ2n) is 5.40. The highest BCUT2D eigenvalue weighted by Gasteiger charge is 2.02. The monoisotopic (exact) mass is 496 g/mol. The number of benzene rings is 1. The van der Waals surface area contributed by atoms with Gasteiger partial charge in [0.25, 0.3) is 0 Å². The minimum Gasteiger partial charge on any atom is -0.382 e. The second-order valence-corrected chi connectivity index (χ2v) is 5.83. The van der Waals surface area contributed by atoms with E-state index in [9.17, 15) is 4.79 Å². The molecule has 0 saturated carbocycles. The fourth-order valence-electron chi connectivity index (χ4n) is 2.05. The lowest BCUT2D eigenvalue weighted by Gasteiger charge is -2.11.